The highest BCUT2D eigenvalue weighted by Gasteiger charge is 2.24. The summed E-state index contributed by atoms with van der Waals surface area (Å²) in [5.74, 6) is 2.23. The Hall–Kier alpha value is -5.36. The van der Waals surface area contributed by atoms with E-state index in [0.717, 1.165) is 29.0 Å². The van der Waals surface area contributed by atoms with Gasteiger partial charge in [-0.1, -0.05) is 12.1 Å². The van der Waals surface area contributed by atoms with E-state index in [4.69, 9.17) is 19.2 Å². The minimum atomic E-state index is -0.216. The Morgan fingerprint density at radius 2 is 1.87 bits per heavy atom. The number of aromatic nitrogens is 4. The fourth-order valence-corrected chi connectivity index (χ4v) is 5.47. The first-order valence-electron chi connectivity index (χ1n) is 15.1. The maximum Gasteiger partial charge on any atom is 0.280 e. The topological polar surface area (TPSA) is 119 Å². The van der Waals surface area contributed by atoms with Crippen LogP contribution < -0.4 is 35.3 Å². The van der Waals surface area contributed by atoms with Gasteiger partial charge in [-0.3, -0.25) is 9.36 Å². The summed E-state index contributed by atoms with van der Waals surface area (Å²) >= 11 is 0. The number of aryl methyl sites for hydroxylation is 1. The van der Waals surface area contributed by atoms with Gasteiger partial charge in [-0.05, 0) is 56.9 Å². The summed E-state index contributed by atoms with van der Waals surface area (Å²) in [6.07, 6.45) is 3.38. The number of para-hydroxylation sites is 1. The number of ether oxygens (including phenoxy) is 3. The quantitative estimate of drug-likeness (QED) is 0.215. The zero-order chi connectivity index (χ0) is 32.2. The molecule has 0 bridgehead atoms. The van der Waals surface area contributed by atoms with Crippen LogP contribution in [0.15, 0.2) is 71.8 Å². The minimum absolute atomic E-state index is 0.216. The van der Waals surface area contributed by atoms with Crippen molar-refractivity contribution in [3.63, 3.8) is 0 Å². The van der Waals surface area contributed by atoms with E-state index in [-0.39, 0.29) is 5.56 Å². The zero-order valence-corrected chi connectivity index (χ0v) is 26.7. The molecule has 12 nitrogen and oxygen atoms in total. The number of likely N-dealkylation sites (N-methyl/N-ethyl adjacent to an activating group) is 1. The number of rotatable bonds is 11. The predicted molar refractivity (Wildman–Crippen MR) is 181 cm³/mol. The number of nitrogens with one attached hydrogen (secondary N) is 2. The lowest BCUT2D eigenvalue weighted by atomic mass is 10.1. The molecule has 0 atom stereocenters. The molecule has 1 aliphatic rings. The SMILES string of the molecule is COc1ccc(CNc2ncc3cc(N4CCNc5c(C)cccc54)c(=O)n(-c4ccc(OCCN(C)C)nc4)c3n2)c(OC)c1. The standard InChI is InChI=1S/C34H38N8O4/c1-22-7-6-8-27-31(22)35-13-14-41(27)28-17-24-20-38-34(37-19-23-9-11-26(44-4)18-29(23)45-5)39-32(24)42(33(28)43)25-10-12-30(36-21-25)46-16-15-40(2)3/h6-12,17-18,20-21,35H,13-16,19H2,1-5H3,(H,37,38,39). The van der Waals surface area contributed by atoms with Crippen molar-refractivity contribution in [1.29, 1.82) is 0 Å². The molecule has 0 radical (unpaired) electrons. The Morgan fingerprint density at radius 1 is 1.00 bits per heavy atom. The second-order valence-corrected chi connectivity index (χ2v) is 11.2. The van der Waals surface area contributed by atoms with Crippen molar-refractivity contribution in [3.8, 4) is 23.1 Å². The molecule has 5 aromatic rings. The maximum atomic E-state index is 14.5. The summed E-state index contributed by atoms with van der Waals surface area (Å²) in [6, 6.07) is 17.2. The lowest BCUT2D eigenvalue weighted by molar-refractivity contribution is 0.254. The van der Waals surface area contributed by atoms with Crippen LogP contribution in [0.1, 0.15) is 11.1 Å². The Kier molecular flexibility index (Phi) is 8.88. The van der Waals surface area contributed by atoms with Crippen molar-refractivity contribution in [2.45, 2.75) is 13.5 Å². The van der Waals surface area contributed by atoms with Crippen LogP contribution in [0.5, 0.6) is 17.4 Å². The molecule has 0 saturated heterocycles. The average Bonchev–Trinajstić information content (AvgIpc) is 3.07. The van der Waals surface area contributed by atoms with E-state index >= 15 is 0 Å². The normalized spacial score (nSPS) is 12.5. The maximum absolute atomic E-state index is 14.5. The van der Waals surface area contributed by atoms with Crippen molar-refractivity contribution >= 4 is 34.0 Å². The Balaban J connectivity index is 1.42. The highest BCUT2D eigenvalue weighted by atomic mass is 16.5. The van der Waals surface area contributed by atoms with Crippen LogP contribution in [0.4, 0.5) is 23.0 Å². The van der Waals surface area contributed by atoms with Gasteiger partial charge >= 0.3 is 0 Å². The molecule has 0 saturated carbocycles. The summed E-state index contributed by atoms with van der Waals surface area (Å²) in [7, 11) is 7.21. The van der Waals surface area contributed by atoms with Crippen LogP contribution >= 0.6 is 0 Å². The fourth-order valence-electron chi connectivity index (χ4n) is 5.47. The number of hydrogen-bond donors (Lipinski definition) is 2. The molecule has 1 aliphatic heterocycles. The van der Waals surface area contributed by atoms with E-state index in [9.17, 15) is 4.79 Å². The highest BCUT2D eigenvalue weighted by Crippen LogP contribution is 2.36. The second-order valence-electron chi connectivity index (χ2n) is 11.2. The zero-order valence-electron chi connectivity index (χ0n) is 26.7. The van der Waals surface area contributed by atoms with E-state index in [2.05, 4.69) is 38.5 Å². The van der Waals surface area contributed by atoms with Crippen molar-refractivity contribution in [1.82, 2.24) is 24.4 Å². The van der Waals surface area contributed by atoms with Crippen molar-refractivity contribution in [3.05, 3.63) is 88.5 Å². The van der Waals surface area contributed by atoms with Gasteiger partial charge in [0.1, 0.15) is 23.8 Å². The molecule has 0 aliphatic carbocycles. The van der Waals surface area contributed by atoms with E-state index < -0.39 is 0 Å². The molecule has 0 amide bonds. The van der Waals surface area contributed by atoms with Gasteiger partial charge in [-0.2, -0.15) is 4.98 Å². The summed E-state index contributed by atoms with van der Waals surface area (Å²) < 4.78 is 18.3. The smallest absolute Gasteiger partial charge is 0.280 e. The van der Waals surface area contributed by atoms with Crippen LogP contribution in [0.3, 0.4) is 0 Å². The lowest BCUT2D eigenvalue weighted by Crippen LogP contribution is -2.35. The van der Waals surface area contributed by atoms with Gasteiger partial charge in [0.05, 0.1) is 37.5 Å². The van der Waals surface area contributed by atoms with E-state index in [1.54, 1.807) is 37.2 Å². The number of methoxy groups -OCH3 is 2. The predicted octanol–water partition coefficient (Wildman–Crippen LogP) is 4.62. The minimum Gasteiger partial charge on any atom is -0.497 e. The molecular formula is C34H38N8O4. The number of benzene rings is 2. The monoisotopic (exact) mass is 622 g/mol. The number of pyridine rings is 2. The summed E-state index contributed by atoms with van der Waals surface area (Å²) in [5, 5.41) is 7.48. The molecular weight excluding hydrogens is 584 g/mol. The molecule has 3 aromatic heterocycles. The molecule has 46 heavy (non-hydrogen) atoms. The summed E-state index contributed by atoms with van der Waals surface area (Å²) in [5.41, 5.74) is 5.32. The van der Waals surface area contributed by atoms with Gasteiger partial charge in [0, 0.05) is 55.5 Å². The molecule has 0 spiro atoms. The van der Waals surface area contributed by atoms with Gasteiger partial charge in [-0.15, -0.1) is 0 Å². The van der Waals surface area contributed by atoms with Gasteiger partial charge in [-0.25, -0.2) is 9.97 Å². The van der Waals surface area contributed by atoms with Gasteiger partial charge in [0.25, 0.3) is 5.56 Å². The first kappa shape index (κ1) is 30.7. The molecule has 2 N–H and O–H groups in total. The van der Waals surface area contributed by atoms with Crippen molar-refractivity contribution in [2.75, 3.05) is 70.1 Å². The first-order valence-corrected chi connectivity index (χ1v) is 15.1. The average molecular weight is 623 g/mol. The van der Waals surface area contributed by atoms with Crippen LogP contribution in [0.25, 0.3) is 16.7 Å². The summed E-state index contributed by atoms with van der Waals surface area (Å²) in [4.78, 5) is 32.5. The third-order valence-electron chi connectivity index (χ3n) is 7.89. The Morgan fingerprint density at radius 3 is 2.63 bits per heavy atom. The van der Waals surface area contributed by atoms with Gasteiger partial charge in [0.15, 0.2) is 5.65 Å². The molecule has 6 rings (SSSR count). The van der Waals surface area contributed by atoms with Crippen molar-refractivity contribution in [2.24, 2.45) is 0 Å². The third kappa shape index (κ3) is 6.24. The molecule has 238 valence electrons. The van der Waals surface area contributed by atoms with Gasteiger partial charge < -0.3 is 34.6 Å². The molecule has 12 heteroatoms. The van der Waals surface area contributed by atoms with Crippen molar-refractivity contribution < 1.29 is 14.2 Å². The van der Waals surface area contributed by atoms with Crippen LogP contribution in [-0.4, -0.2) is 79.0 Å². The van der Waals surface area contributed by atoms with E-state index in [0.29, 0.717) is 72.0 Å². The largest absolute Gasteiger partial charge is 0.497 e. The van der Waals surface area contributed by atoms with E-state index in [1.807, 2.05) is 61.5 Å². The lowest BCUT2D eigenvalue weighted by Gasteiger charge is -2.33. The number of nitrogens with zero attached hydrogens (tertiary/aromatic N) is 6. The highest BCUT2D eigenvalue weighted by molar-refractivity contribution is 5.86. The number of fused-ring (bicyclic) bond motifs is 2. The Labute approximate surface area is 267 Å². The number of anilines is 4. The fraction of sp³-hybridized carbons (Fsp3) is 0.294. The summed E-state index contributed by atoms with van der Waals surface area (Å²) in [6.45, 7) is 5.05. The molecule has 4 heterocycles. The Bertz CT molecular complexity index is 1910. The number of hydrogen-bond acceptors (Lipinski definition) is 11. The van der Waals surface area contributed by atoms with E-state index in [1.165, 1.54) is 0 Å². The molecule has 2 aromatic carbocycles. The second kappa shape index (κ2) is 13.3. The van der Waals surface area contributed by atoms with Gasteiger partial charge in [0.2, 0.25) is 11.8 Å². The molecule has 0 unspecified atom stereocenters. The van der Waals surface area contributed by atoms with Crippen LogP contribution in [0, 0.1) is 6.92 Å². The molecule has 0 fully saturated rings. The van der Waals surface area contributed by atoms with Crippen LogP contribution in [-0.2, 0) is 6.54 Å². The first-order chi connectivity index (χ1) is 22.4. The third-order valence-corrected chi connectivity index (χ3v) is 7.89. The van der Waals surface area contributed by atoms with Crippen LogP contribution in [0.2, 0.25) is 0 Å².